The summed E-state index contributed by atoms with van der Waals surface area (Å²) in [5.74, 6) is 0.623. The van der Waals surface area contributed by atoms with Crippen molar-refractivity contribution in [2.45, 2.75) is 19.4 Å². The summed E-state index contributed by atoms with van der Waals surface area (Å²) in [6, 6.07) is 13.5. The van der Waals surface area contributed by atoms with Gasteiger partial charge < -0.3 is 20.3 Å². The summed E-state index contributed by atoms with van der Waals surface area (Å²) in [4.78, 5) is 0. The maximum Gasteiger partial charge on any atom is 0.160 e. The van der Waals surface area contributed by atoms with Crippen molar-refractivity contribution >= 4 is 5.69 Å². The van der Waals surface area contributed by atoms with Crippen molar-refractivity contribution in [2.24, 2.45) is 0 Å². The van der Waals surface area contributed by atoms with E-state index in [1.165, 1.54) is 12.7 Å². The third kappa shape index (κ3) is 4.39. The van der Waals surface area contributed by atoms with Crippen molar-refractivity contribution in [3.8, 4) is 11.5 Å². The van der Waals surface area contributed by atoms with Gasteiger partial charge in [0.15, 0.2) is 11.5 Å². The lowest BCUT2D eigenvalue weighted by atomic mass is 10.1. The number of rotatable bonds is 7. The summed E-state index contributed by atoms with van der Waals surface area (Å²) in [6.07, 6.45) is 1.64. The number of phenolic OH excluding ortho intramolecular Hbond substituents is 1. The summed E-state index contributed by atoms with van der Waals surface area (Å²) in [6.45, 7) is 0.837. The molecular weight excluding hydrogens is 266 g/mol. The van der Waals surface area contributed by atoms with Gasteiger partial charge in [-0.2, -0.15) is 0 Å². The largest absolute Gasteiger partial charge is 0.504 e. The van der Waals surface area contributed by atoms with E-state index in [1.54, 1.807) is 12.1 Å². The van der Waals surface area contributed by atoms with Crippen molar-refractivity contribution in [3.63, 3.8) is 0 Å². The summed E-state index contributed by atoms with van der Waals surface area (Å²) in [7, 11) is 1.53. The Kier molecular flexibility index (Phi) is 5.46. The van der Waals surface area contributed by atoms with E-state index in [2.05, 4.69) is 17.4 Å². The van der Waals surface area contributed by atoms with Gasteiger partial charge in [-0.05, 0) is 48.2 Å². The van der Waals surface area contributed by atoms with E-state index in [-0.39, 0.29) is 12.4 Å². The van der Waals surface area contributed by atoms with Crippen LogP contribution in [-0.4, -0.2) is 23.9 Å². The quantitative estimate of drug-likeness (QED) is 0.732. The smallest absolute Gasteiger partial charge is 0.160 e. The molecule has 4 nitrogen and oxygen atoms in total. The minimum absolute atomic E-state index is 0.147. The Morgan fingerprint density at radius 1 is 1.10 bits per heavy atom. The first-order valence-corrected chi connectivity index (χ1v) is 7.02. The second kappa shape index (κ2) is 7.55. The summed E-state index contributed by atoms with van der Waals surface area (Å²) in [5, 5.41) is 21.9. The van der Waals surface area contributed by atoms with Gasteiger partial charge in [-0.15, -0.1) is 0 Å². The molecule has 0 aliphatic heterocycles. The van der Waals surface area contributed by atoms with Crippen LogP contribution in [0.5, 0.6) is 11.5 Å². The number of aliphatic hydroxyl groups excluding tert-OH is 1. The molecule has 0 heterocycles. The molecule has 0 unspecified atom stereocenters. The van der Waals surface area contributed by atoms with Crippen LogP contribution in [0.4, 0.5) is 5.69 Å². The number of anilines is 1. The number of aromatic hydroxyl groups is 1. The van der Waals surface area contributed by atoms with Gasteiger partial charge in [0, 0.05) is 18.8 Å². The van der Waals surface area contributed by atoms with Crippen LogP contribution in [-0.2, 0) is 13.0 Å². The van der Waals surface area contributed by atoms with Gasteiger partial charge in [-0.3, -0.25) is 0 Å². The van der Waals surface area contributed by atoms with Crippen LogP contribution >= 0.6 is 0 Å². The standard InChI is InChI=1S/C17H21NO3/c1-21-17-8-7-14(11-16(17)20)12-18-15-6-2-4-13(10-15)5-3-9-19/h2,4,6-8,10-11,18-20H,3,5,9,12H2,1H3. The molecule has 21 heavy (non-hydrogen) atoms. The Balaban J connectivity index is 1.97. The van der Waals surface area contributed by atoms with Crippen LogP contribution in [0.2, 0.25) is 0 Å². The second-order valence-corrected chi connectivity index (χ2v) is 4.89. The lowest BCUT2D eigenvalue weighted by Crippen LogP contribution is -2.00. The van der Waals surface area contributed by atoms with Crippen molar-refractivity contribution < 1.29 is 14.9 Å². The molecule has 0 amide bonds. The lowest BCUT2D eigenvalue weighted by Gasteiger charge is -2.10. The van der Waals surface area contributed by atoms with E-state index in [1.807, 2.05) is 18.2 Å². The van der Waals surface area contributed by atoms with Gasteiger partial charge in [0.05, 0.1) is 7.11 Å². The highest BCUT2D eigenvalue weighted by molar-refractivity contribution is 5.48. The number of benzene rings is 2. The Bertz CT molecular complexity index is 584. The molecule has 112 valence electrons. The second-order valence-electron chi connectivity index (χ2n) is 4.89. The van der Waals surface area contributed by atoms with Crippen LogP contribution < -0.4 is 10.1 Å². The van der Waals surface area contributed by atoms with Crippen LogP contribution in [0.15, 0.2) is 42.5 Å². The molecule has 0 atom stereocenters. The molecule has 0 spiro atoms. The first kappa shape index (κ1) is 15.2. The van der Waals surface area contributed by atoms with Gasteiger partial charge >= 0.3 is 0 Å². The Morgan fingerprint density at radius 2 is 1.95 bits per heavy atom. The van der Waals surface area contributed by atoms with Crippen molar-refractivity contribution in [1.29, 1.82) is 0 Å². The normalized spacial score (nSPS) is 10.4. The number of ether oxygens (including phenoxy) is 1. The number of aliphatic hydroxyl groups is 1. The fourth-order valence-electron chi connectivity index (χ4n) is 2.17. The zero-order chi connectivity index (χ0) is 15.1. The Morgan fingerprint density at radius 3 is 2.67 bits per heavy atom. The SMILES string of the molecule is COc1ccc(CNc2cccc(CCCO)c2)cc1O. The van der Waals surface area contributed by atoms with Crippen molar-refractivity contribution in [1.82, 2.24) is 0 Å². The predicted octanol–water partition coefficient (Wildman–Crippen LogP) is 2.94. The average Bonchev–Trinajstić information content (AvgIpc) is 2.51. The number of hydrogen-bond donors (Lipinski definition) is 3. The van der Waals surface area contributed by atoms with Crippen LogP contribution in [0.1, 0.15) is 17.5 Å². The molecule has 2 rings (SSSR count). The van der Waals surface area contributed by atoms with Gasteiger partial charge in [0.2, 0.25) is 0 Å². The highest BCUT2D eigenvalue weighted by Crippen LogP contribution is 2.26. The van der Waals surface area contributed by atoms with Crippen molar-refractivity contribution in [2.75, 3.05) is 19.0 Å². The topological polar surface area (TPSA) is 61.7 Å². The molecule has 2 aromatic carbocycles. The molecule has 0 saturated heterocycles. The summed E-state index contributed by atoms with van der Waals surface area (Å²) >= 11 is 0. The number of hydrogen-bond acceptors (Lipinski definition) is 4. The van der Waals surface area contributed by atoms with Gasteiger partial charge in [0.25, 0.3) is 0 Å². The zero-order valence-corrected chi connectivity index (χ0v) is 12.2. The predicted molar refractivity (Wildman–Crippen MR) is 83.8 cm³/mol. The third-order valence-electron chi connectivity index (χ3n) is 3.29. The van der Waals surface area contributed by atoms with E-state index < -0.39 is 0 Å². The molecule has 0 bridgehead atoms. The van der Waals surface area contributed by atoms with E-state index in [4.69, 9.17) is 9.84 Å². The van der Waals surface area contributed by atoms with Gasteiger partial charge in [0.1, 0.15) is 0 Å². The Labute approximate surface area is 125 Å². The molecule has 0 aliphatic carbocycles. The number of aryl methyl sites for hydroxylation is 1. The van der Waals surface area contributed by atoms with E-state index in [0.717, 1.165) is 24.1 Å². The molecule has 0 radical (unpaired) electrons. The fraction of sp³-hybridized carbons (Fsp3) is 0.294. The number of nitrogens with one attached hydrogen (secondary N) is 1. The maximum absolute atomic E-state index is 9.75. The lowest BCUT2D eigenvalue weighted by molar-refractivity contribution is 0.288. The minimum Gasteiger partial charge on any atom is -0.504 e. The van der Waals surface area contributed by atoms with E-state index in [9.17, 15) is 5.11 Å². The molecule has 0 fully saturated rings. The highest BCUT2D eigenvalue weighted by atomic mass is 16.5. The molecule has 2 aromatic rings. The monoisotopic (exact) mass is 287 g/mol. The fourth-order valence-corrected chi connectivity index (χ4v) is 2.17. The highest BCUT2D eigenvalue weighted by Gasteiger charge is 2.02. The van der Waals surface area contributed by atoms with Crippen LogP contribution in [0.3, 0.4) is 0 Å². The van der Waals surface area contributed by atoms with Crippen LogP contribution in [0, 0.1) is 0 Å². The first-order chi connectivity index (χ1) is 10.2. The zero-order valence-electron chi connectivity index (χ0n) is 12.2. The van der Waals surface area contributed by atoms with Gasteiger partial charge in [-0.25, -0.2) is 0 Å². The van der Waals surface area contributed by atoms with E-state index in [0.29, 0.717) is 12.3 Å². The van der Waals surface area contributed by atoms with Gasteiger partial charge in [-0.1, -0.05) is 18.2 Å². The summed E-state index contributed by atoms with van der Waals surface area (Å²) in [5.41, 5.74) is 3.21. The molecule has 0 aromatic heterocycles. The molecule has 3 N–H and O–H groups in total. The van der Waals surface area contributed by atoms with Crippen LogP contribution in [0.25, 0.3) is 0 Å². The first-order valence-electron chi connectivity index (χ1n) is 7.02. The molecule has 4 heteroatoms. The average molecular weight is 287 g/mol. The van der Waals surface area contributed by atoms with E-state index >= 15 is 0 Å². The maximum atomic E-state index is 9.75. The molecule has 0 saturated carbocycles. The number of methoxy groups -OCH3 is 1. The third-order valence-corrected chi connectivity index (χ3v) is 3.29. The minimum atomic E-state index is 0.147. The molecular formula is C17H21NO3. The number of phenols is 1. The Hall–Kier alpha value is -2.20. The molecule has 0 aliphatic rings. The van der Waals surface area contributed by atoms with Crippen molar-refractivity contribution in [3.05, 3.63) is 53.6 Å². The summed E-state index contributed by atoms with van der Waals surface area (Å²) < 4.78 is 5.03.